The predicted molar refractivity (Wildman–Crippen MR) is 53.2 cm³/mol. The van der Waals surface area contributed by atoms with Crippen LogP contribution in [-0.4, -0.2) is 28.6 Å². The SMILES string of the molecule is C.CCO[Si](C)(OCC)OCC. The summed E-state index contributed by atoms with van der Waals surface area (Å²) in [6, 6.07) is 0. The van der Waals surface area contributed by atoms with Crippen LogP contribution >= 0.6 is 0 Å². The fourth-order valence-electron chi connectivity index (χ4n) is 0.912. The summed E-state index contributed by atoms with van der Waals surface area (Å²) in [4.78, 5) is 0. The third kappa shape index (κ3) is 5.71. The Labute approximate surface area is 77.4 Å². The first kappa shape index (κ1) is 14.6. The largest absolute Gasteiger partial charge is 0.497 e. The van der Waals surface area contributed by atoms with Crippen molar-refractivity contribution in [2.24, 2.45) is 0 Å². The fraction of sp³-hybridized carbons (Fsp3) is 1.00. The second kappa shape index (κ2) is 7.73. The van der Waals surface area contributed by atoms with Crippen LogP contribution in [0.15, 0.2) is 0 Å². The van der Waals surface area contributed by atoms with E-state index in [0.29, 0.717) is 19.8 Å². The predicted octanol–water partition coefficient (Wildman–Crippen LogP) is 2.30. The minimum Gasteiger partial charge on any atom is -0.374 e. The van der Waals surface area contributed by atoms with Crippen LogP contribution in [0.1, 0.15) is 28.2 Å². The fourth-order valence-corrected chi connectivity index (χ4v) is 2.73. The zero-order chi connectivity index (χ0) is 8.74. The molecule has 0 saturated heterocycles. The average molecular weight is 194 g/mol. The van der Waals surface area contributed by atoms with Crippen molar-refractivity contribution in [2.45, 2.75) is 34.7 Å². The first-order valence-corrected chi connectivity index (χ1v) is 6.32. The molecule has 0 fully saturated rings. The minimum atomic E-state index is -2.25. The first-order valence-electron chi connectivity index (χ1n) is 4.10. The monoisotopic (exact) mass is 194 g/mol. The van der Waals surface area contributed by atoms with Gasteiger partial charge in [0, 0.05) is 26.4 Å². The van der Waals surface area contributed by atoms with Gasteiger partial charge in [0.2, 0.25) is 0 Å². The maximum atomic E-state index is 5.40. The zero-order valence-electron chi connectivity index (χ0n) is 7.85. The molecular formula is C8H22O3Si. The van der Waals surface area contributed by atoms with Gasteiger partial charge in [-0.1, -0.05) is 7.43 Å². The van der Waals surface area contributed by atoms with Crippen molar-refractivity contribution >= 4 is 8.80 Å². The third-order valence-electron chi connectivity index (χ3n) is 1.22. The summed E-state index contributed by atoms with van der Waals surface area (Å²) in [5.74, 6) is 0. The first-order chi connectivity index (χ1) is 5.18. The van der Waals surface area contributed by atoms with Gasteiger partial charge in [0.05, 0.1) is 0 Å². The molecule has 3 nitrogen and oxygen atoms in total. The van der Waals surface area contributed by atoms with Gasteiger partial charge >= 0.3 is 8.80 Å². The maximum Gasteiger partial charge on any atom is 0.497 e. The van der Waals surface area contributed by atoms with E-state index in [1.807, 2.05) is 27.3 Å². The second-order valence-corrected chi connectivity index (χ2v) is 4.75. The zero-order valence-corrected chi connectivity index (χ0v) is 8.85. The molecule has 0 spiro atoms. The molecule has 0 saturated carbocycles. The number of hydrogen-bond donors (Lipinski definition) is 0. The molecular weight excluding hydrogens is 172 g/mol. The summed E-state index contributed by atoms with van der Waals surface area (Å²) in [5, 5.41) is 0. The molecule has 0 aliphatic carbocycles. The van der Waals surface area contributed by atoms with Gasteiger partial charge in [-0.05, 0) is 20.8 Å². The summed E-state index contributed by atoms with van der Waals surface area (Å²) in [7, 11) is -2.25. The van der Waals surface area contributed by atoms with E-state index in [0.717, 1.165) is 0 Å². The van der Waals surface area contributed by atoms with E-state index in [1.165, 1.54) is 0 Å². The van der Waals surface area contributed by atoms with Gasteiger partial charge in [0.25, 0.3) is 0 Å². The quantitative estimate of drug-likeness (QED) is 0.607. The van der Waals surface area contributed by atoms with Gasteiger partial charge in [-0.25, -0.2) is 0 Å². The second-order valence-electron chi connectivity index (χ2n) is 2.16. The van der Waals surface area contributed by atoms with Gasteiger partial charge in [0.1, 0.15) is 0 Å². The van der Waals surface area contributed by atoms with Crippen LogP contribution in [0.5, 0.6) is 0 Å². The third-order valence-corrected chi connectivity index (χ3v) is 3.66. The van der Waals surface area contributed by atoms with E-state index in [4.69, 9.17) is 13.3 Å². The van der Waals surface area contributed by atoms with Crippen LogP contribution in [-0.2, 0) is 13.3 Å². The topological polar surface area (TPSA) is 27.7 Å². The Morgan fingerprint density at radius 1 is 0.833 bits per heavy atom. The lowest BCUT2D eigenvalue weighted by Gasteiger charge is -2.23. The molecule has 0 atom stereocenters. The van der Waals surface area contributed by atoms with Crippen LogP contribution in [0.3, 0.4) is 0 Å². The van der Waals surface area contributed by atoms with Gasteiger partial charge in [0.15, 0.2) is 0 Å². The molecule has 0 rings (SSSR count). The normalized spacial score (nSPS) is 11.0. The lowest BCUT2D eigenvalue weighted by molar-refractivity contribution is 0.0783. The molecule has 0 N–H and O–H groups in total. The van der Waals surface area contributed by atoms with Gasteiger partial charge in [-0.15, -0.1) is 0 Å². The Balaban J connectivity index is 0. The number of hydrogen-bond acceptors (Lipinski definition) is 3. The molecule has 76 valence electrons. The standard InChI is InChI=1S/C7H18O3Si.CH4/c1-5-8-11(4,9-6-2)10-7-3;/h5-7H2,1-4H3;1H4. The Morgan fingerprint density at radius 3 is 1.25 bits per heavy atom. The molecule has 0 radical (unpaired) electrons. The van der Waals surface area contributed by atoms with Crippen LogP contribution < -0.4 is 0 Å². The summed E-state index contributed by atoms with van der Waals surface area (Å²) in [6.45, 7) is 9.73. The van der Waals surface area contributed by atoms with Crippen molar-refractivity contribution < 1.29 is 13.3 Å². The molecule has 0 bridgehead atoms. The van der Waals surface area contributed by atoms with Crippen molar-refractivity contribution in [3.05, 3.63) is 0 Å². The highest BCUT2D eigenvalue weighted by atomic mass is 28.4. The average Bonchev–Trinajstić information content (AvgIpc) is 1.88. The molecule has 0 heterocycles. The molecule has 4 heteroatoms. The lowest BCUT2D eigenvalue weighted by Crippen LogP contribution is -2.42. The highest BCUT2D eigenvalue weighted by molar-refractivity contribution is 6.59. The summed E-state index contributed by atoms with van der Waals surface area (Å²) >= 11 is 0. The van der Waals surface area contributed by atoms with Crippen molar-refractivity contribution in [3.63, 3.8) is 0 Å². The van der Waals surface area contributed by atoms with Gasteiger partial charge < -0.3 is 13.3 Å². The summed E-state index contributed by atoms with van der Waals surface area (Å²) < 4.78 is 16.2. The van der Waals surface area contributed by atoms with E-state index in [9.17, 15) is 0 Å². The van der Waals surface area contributed by atoms with Crippen LogP contribution in [0, 0.1) is 0 Å². The number of rotatable bonds is 6. The van der Waals surface area contributed by atoms with Crippen LogP contribution in [0.4, 0.5) is 0 Å². The van der Waals surface area contributed by atoms with Crippen LogP contribution in [0.25, 0.3) is 0 Å². The van der Waals surface area contributed by atoms with E-state index in [1.54, 1.807) is 0 Å². The highest BCUT2D eigenvalue weighted by Gasteiger charge is 2.32. The van der Waals surface area contributed by atoms with Gasteiger partial charge in [-0.2, -0.15) is 0 Å². The highest BCUT2D eigenvalue weighted by Crippen LogP contribution is 2.08. The Morgan fingerprint density at radius 2 is 1.08 bits per heavy atom. The van der Waals surface area contributed by atoms with E-state index in [-0.39, 0.29) is 7.43 Å². The Kier molecular flexibility index (Phi) is 9.41. The van der Waals surface area contributed by atoms with Crippen molar-refractivity contribution in [1.29, 1.82) is 0 Å². The molecule has 0 aliphatic rings. The van der Waals surface area contributed by atoms with E-state index < -0.39 is 8.80 Å². The molecule has 0 amide bonds. The molecule has 0 aromatic carbocycles. The van der Waals surface area contributed by atoms with Crippen molar-refractivity contribution in [3.8, 4) is 0 Å². The summed E-state index contributed by atoms with van der Waals surface area (Å²) in [5.41, 5.74) is 0. The van der Waals surface area contributed by atoms with E-state index >= 15 is 0 Å². The molecule has 0 aliphatic heterocycles. The molecule has 12 heavy (non-hydrogen) atoms. The van der Waals surface area contributed by atoms with Crippen molar-refractivity contribution in [2.75, 3.05) is 19.8 Å². The van der Waals surface area contributed by atoms with Crippen LogP contribution in [0.2, 0.25) is 6.55 Å². The Bertz CT molecular complexity index is 81.3. The Hall–Kier alpha value is 0.0969. The smallest absolute Gasteiger partial charge is 0.374 e. The van der Waals surface area contributed by atoms with E-state index in [2.05, 4.69) is 0 Å². The molecule has 0 aromatic rings. The lowest BCUT2D eigenvalue weighted by atomic mass is 10.9. The molecule has 0 aromatic heterocycles. The summed E-state index contributed by atoms with van der Waals surface area (Å²) in [6.07, 6.45) is 0. The molecule has 0 unspecified atom stereocenters. The maximum absolute atomic E-state index is 5.40. The minimum absolute atomic E-state index is 0. The van der Waals surface area contributed by atoms with Crippen molar-refractivity contribution in [1.82, 2.24) is 0 Å². The van der Waals surface area contributed by atoms with Gasteiger partial charge in [-0.3, -0.25) is 0 Å².